The quantitative estimate of drug-likeness (QED) is 0.775. The maximum Gasteiger partial charge on any atom is 0.293 e. The molecule has 1 rings (SSSR count). The second-order valence-electron chi connectivity index (χ2n) is 3.23. The minimum Gasteiger partial charge on any atom is -0.462 e. The highest BCUT2D eigenvalue weighted by Gasteiger charge is 2.07. The molecular formula is C8H13BrN2O2. The number of H-pyrrole nitrogens is 1. The van der Waals surface area contributed by atoms with Crippen LogP contribution in [0.1, 0.15) is 20.8 Å². The minimum absolute atomic E-state index is 0.318. The summed E-state index contributed by atoms with van der Waals surface area (Å²) in [6, 6.07) is 0. The first kappa shape index (κ1) is 12.2. The molecule has 0 aliphatic heterocycles. The second-order valence-corrected chi connectivity index (χ2v) is 4.08. The Morgan fingerprint density at radius 3 is 2.31 bits per heavy atom. The van der Waals surface area contributed by atoms with E-state index >= 15 is 0 Å². The van der Waals surface area contributed by atoms with Crippen LogP contribution in [-0.2, 0) is 9.53 Å². The van der Waals surface area contributed by atoms with Gasteiger partial charge in [-0.05, 0) is 36.7 Å². The predicted molar refractivity (Wildman–Crippen MR) is 53.2 cm³/mol. The maximum absolute atomic E-state index is 9.60. The molecule has 4 nitrogen and oxygen atoms in total. The molecular weight excluding hydrogens is 236 g/mol. The standard InChI is InChI=1S/C5H10O2.C3H3BrN2/c1-5(2,3)7-4-6;4-3-1-5-2-6-3/h4H,1-3H3;1-2H,(H,5,6). The lowest BCUT2D eigenvalue weighted by atomic mass is 10.2. The lowest BCUT2D eigenvalue weighted by molar-refractivity contribution is -0.138. The van der Waals surface area contributed by atoms with E-state index in [1.807, 2.05) is 20.8 Å². The van der Waals surface area contributed by atoms with E-state index in [9.17, 15) is 4.79 Å². The van der Waals surface area contributed by atoms with Crippen molar-refractivity contribution in [2.75, 3.05) is 0 Å². The molecule has 0 aliphatic carbocycles. The molecule has 1 aromatic heterocycles. The number of carbonyl (C=O) groups excluding carboxylic acids is 1. The molecule has 0 unspecified atom stereocenters. The van der Waals surface area contributed by atoms with Crippen molar-refractivity contribution >= 4 is 22.4 Å². The zero-order chi connectivity index (χ0) is 10.3. The normalized spacial score (nSPS) is 9.85. The molecule has 0 spiro atoms. The van der Waals surface area contributed by atoms with Crippen LogP contribution in [0.3, 0.4) is 0 Å². The van der Waals surface area contributed by atoms with Crippen LogP contribution in [0.5, 0.6) is 0 Å². The Morgan fingerprint density at radius 1 is 1.62 bits per heavy atom. The first-order chi connectivity index (χ1) is 5.95. The summed E-state index contributed by atoms with van der Waals surface area (Å²) in [5.41, 5.74) is -0.318. The summed E-state index contributed by atoms with van der Waals surface area (Å²) in [5, 5.41) is 0. The number of ether oxygens (including phenoxy) is 1. The lowest BCUT2D eigenvalue weighted by Gasteiger charge is -2.14. The molecule has 5 heteroatoms. The van der Waals surface area contributed by atoms with Crippen molar-refractivity contribution in [2.24, 2.45) is 0 Å². The molecule has 0 aliphatic rings. The van der Waals surface area contributed by atoms with Gasteiger partial charge in [0.15, 0.2) is 0 Å². The van der Waals surface area contributed by atoms with E-state index in [0.717, 1.165) is 4.60 Å². The molecule has 0 fully saturated rings. The van der Waals surface area contributed by atoms with Crippen LogP contribution in [0.25, 0.3) is 0 Å². The Kier molecular flexibility index (Phi) is 5.37. The zero-order valence-corrected chi connectivity index (χ0v) is 9.46. The number of hydrogen-bond donors (Lipinski definition) is 1. The van der Waals surface area contributed by atoms with Gasteiger partial charge in [-0.2, -0.15) is 0 Å². The molecule has 0 atom stereocenters. The molecule has 0 radical (unpaired) electrons. The highest BCUT2D eigenvalue weighted by atomic mass is 79.9. The van der Waals surface area contributed by atoms with Crippen molar-refractivity contribution in [2.45, 2.75) is 26.4 Å². The van der Waals surface area contributed by atoms with Crippen LogP contribution in [0, 0.1) is 0 Å². The fraction of sp³-hybridized carbons (Fsp3) is 0.500. The third-order valence-corrected chi connectivity index (χ3v) is 1.30. The van der Waals surface area contributed by atoms with Gasteiger partial charge in [-0.3, -0.25) is 4.79 Å². The fourth-order valence-electron chi connectivity index (χ4n) is 0.383. The number of nitrogens with one attached hydrogen (secondary N) is 1. The highest BCUT2D eigenvalue weighted by molar-refractivity contribution is 9.10. The van der Waals surface area contributed by atoms with E-state index in [2.05, 4.69) is 30.6 Å². The number of rotatable bonds is 1. The average Bonchev–Trinajstić information content (AvgIpc) is 2.38. The van der Waals surface area contributed by atoms with E-state index in [1.54, 1.807) is 12.5 Å². The summed E-state index contributed by atoms with van der Waals surface area (Å²) in [5.74, 6) is 0. The van der Waals surface area contributed by atoms with E-state index in [1.165, 1.54) is 0 Å². The summed E-state index contributed by atoms with van der Waals surface area (Å²) in [4.78, 5) is 16.1. The van der Waals surface area contributed by atoms with E-state index in [4.69, 9.17) is 0 Å². The first-order valence-corrected chi connectivity index (χ1v) is 4.50. The van der Waals surface area contributed by atoms with Gasteiger partial charge >= 0.3 is 0 Å². The molecule has 1 aromatic rings. The molecule has 0 bridgehead atoms. The first-order valence-electron chi connectivity index (χ1n) is 3.71. The Balaban J connectivity index is 0.000000223. The summed E-state index contributed by atoms with van der Waals surface area (Å²) < 4.78 is 5.47. The van der Waals surface area contributed by atoms with E-state index in [0.29, 0.717) is 6.47 Å². The van der Waals surface area contributed by atoms with Crippen LogP contribution in [-0.4, -0.2) is 22.0 Å². The van der Waals surface area contributed by atoms with Gasteiger partial charge in [0.25, 0.3) is 6.47 Å². The molecule has 0 aromatic carbocycles. The smallest absolute Gasteiger partial charge is 0.293 e. The average molecular weight is 249 g/mol. The van der Waals surface area contributed by atoms with Crippen LogP contribution in [0.4, 0.5) is 0 Å². The van der Waals surface area contributed by atoms with Crippen molar-refractivity contribution in [3.05, 3.63) is 17.1 Å². The van der Waals surface area contributed by atoms with Gasteiger partial charge in [0.2, 0.25) is 0 Å². The predicted octanol–water partition coefficient (Wildman–Crippen LogP) is 2.13. The second kappa shape index (κ2) is 5.75. The van der Waals surface area contributed by atoms with Crippen molar-refractivity contribution in [1.82, 2.24) is 9.97 Å². The van der Waals surface area contributed by atoms with Gasteiger partial charge in [-0.1, -0.05) is 0 Å². The third kappa shape index (κ3) is 9.07. The summed E-state index contributed by atoms with van der Waals surface area (Å²) in [6.07, 6.45) is 3.31. The monoisotopic (exact) mass is 248 g/mol. The minimum atomic E-state index is -0.318. The molecule has 0 saturated heterocycles. The molecule has 74 valence electrons. The number of carbonyl (C=O) groups is 1. The van der Waals surface area contributed by atoms with Crippen molar-refractivity contribution in [3.63, 3.8) is 0 Å². The van der Waals surface area contributed by atoms with Gasteiger partial charge in [-0.15, -0.1) is 0 Å². The molecule has 1 N–H and O–H groups in total. The zero-order valence-electron chi connectivity index (χ0n) is 7.87. The van der Waals surface area contributed by atoms with Crippen molar-refractivity contribution < 1.29 is 9.53 Å². The highest BCUT2D eigenvalue weighted by Crippen LogP contribution is 2.02. The van der Waals surface area contributed by atoms with Crippen molar-refractivity contribution in [1.29, 1.82) is 0 Å². The van der Waals surface area contributed by atoms with E-state index < -0.39 is 0 Å². The molecule has 0 amide bonds. The van der Waals surface area contributed by atoms with Crippen molar-refractivity contribution in [3.8, 4) is 0 Å². The van der Waals surface area contributed by atoms with Crippen LogP contribution in [0.15, 0.2) is 17.1 Å². The third-order valence-electron chi connectivity index (χ3n) is 0.867. The Morgan fingerprint density at radius 2 is 2.23 bits per heavy atom. The van der Waals surface area contributed by atoms with E-state index in [-0.39, 0.29) is 5.60 Å². The van der Waals surface area contributed by atoms with Crippen LogP contribution < -0.4 is 0 Å². The summed E-state index contributed by atoms with van der Waals surface area (Å²) in [7, 11) is 0. The number of aromatic amines is 1. The number of imidazole rings is 1. The fourth-order valence-corrected chi connectivity index (χ4v) is 0.604. The number of aromatic nitrogens is 2. The maximum atomic E-state index is 9.60. The van der Waals surface area contributed by atoms with Gasteiger partial charge in [-0.25, -0.2) is 4.98 Å². The SMILES string of the molecule is Brc1cnc[nH]1.CC(C)(C)OC=O. The lowest BCUT2D eigenvalue weighted by Crippen LogP contribution is -2.17. The topological polar surface area (TPSA) is 55.0 Å². The summed E-state index contributed by atoms with van der Waals surface area (Å²) in [6.45, 7) is 5.92. The van der Waals surface area contributed by atoms with Gasteiger partial charge in [0.1, 0.15) is 10.2 Å². The number of nitrogens with zero attached hydrogens (tertiary/aromatic N) is 1. The molecule has 13 heavy (non-hydrogen) atoms. The Bertz CT molecular complexity index is 229. The number of halogens is 1. The molecule has 0 saturated carbocycles. The van der Waals surface area contributed by atoms with Gasteiger partial charge < -0.3 is 9.72 Å². The Hall–Kier alpha value is -0.840. The van der Waals surface area contributed by atoms with Crippen LogP contribution >= 0.6 is 15.9 Å². The Labute approximate surface area is 85.8 Å². The summed E-state index contributed by atoms with van der Waals surface area (Å²) >= 11 is 3.16. The van der Waals surface area contributed by atoms with Gasteiger partial charge in [0, 0.05) is 0 Å². The number of hydrogen-bond acceptors (Lipinski definition) is 3. The molecule has 1 heterocycles. The van der Waals surface area contributed by atoms with Crippen LogP contribution in [0.2, 0.25) is 0 Å². The van der Waals surface area contributed by atoms with Gasteiger partial charge in [0.05, 0.1) is 12.5 Å². The largest absolute Gasteiger partial charge is 0.462 e.